The Morgan fingerprint density at radius 1 is 1.29 bits per heavy atom. The van der Waals surface area contributed by atoms with Gasteiger partial charge in [-0.15, -0.1) is 0 Å². The van der Waals surface area contributed by atoms with Gasteiger partial charge in [0.25, 0.3) is 0 Å². The fraction of sp³-hybridized carbons (Fsp3) is 0.400. The minimum atomic E-state index is -3.73. The summed E-state index contributed by atoms with van der Waals surface area (Å²) in [6.45, 7) is 8.10. The molecule has 1 aromatic heterocycles. The van der Waals surface area contributed by atoms with Crippen molar-refractivity contribution in [1.82, 2.24) is 9.97 Å². The van der Waals surface area contributed by atoms with E-state index in [1.807, 2.05) is 6.92 Å². The molecule has 0 amide bonds. The first kappa shape index (κ1) is 26.3. The van der Waals surface area contributed by atoms with Crippen molar-refractivity contribution in [2.24, 2.45) is 10.7 Å². The Balaban J connectivity index is 1.90. The lowest BCUT2D eigenvalue weighted by Crippen LogP contribution is -2.55. The van der Waals surface area contributed by atoms with E-state index in [2.05, 4.69) is 26.8 Å². The normalized spacial score (nSPS) is 21.9. The average Bonchev–Trinajstić information content (AvgIpc) is 2.78. The van der Waals surface area contributed by atoms with Gasteiger partial charge in [-0.1, -0.05) is 24.8 Å². The molecule has 1 unspecified atom stereocenters. The number of amidine groups is 1. The second kappa shape index (κ2) is 9.74. The summed E-state index contributed by atoms with van der Waals surface area (Å²) in [5.74, 6) is 4.07. The number of hydrogen-bond acceptors (Lipinski definition) is 7. The van der Waals surface area contributed by atoms with Crippen LogP contribution in [0, 0.1) is 17.7 Å². The Kier molecular flexibility index (Phi) is 7.31. The number of halogens is 2. The van der Waals surface area contributed by atoms with Crippen LogP contribution in [0.3, 0.4) is 0 Å². The van der Waals surface area contributed by atoms with Gasteiger partial charge >= 0.3 is 0 Å². The summed E-state index contributed by atoms with van der Waals surface area (Å²) >= 11 is 0. The molecule has 2 N–H and O–H groups in total. The third-order valence-corrected chi connectivity index (χ3v) is 8.46. The van der Waals surface area contributed by atoms with E-state index in [0.717, 1.165) is 12.1 Å². The third-order valence-electron chi connectivity index (χ3n) is 5.75. The van der Waals surface area contributed by atoms with E-state index in [9.17, 15) is 17.2 Å². The maximum atomic E-state index is 14.9. The fourth-order valence-corrected chi connectivity index (χ4v) is 5.19. The summed E-state index contributed by atoms with van der Waals surface area (Å²) in [5.41, 5.74) is 4.74. The minimum absolute atomic E-state index is 0.00177. The number of rotatable bonds is 5. The summed E-state index contributed by atoms with van der Waals surface area (Å²) in [7, 11) is -3.73. The number of ether oxygens (including phenoxy) is 1. The molecule has 0 bridgehead atoms. The van der Waals surface area contributed by atoms with Crippen LogP contribution in [-0.4, -0.2) is 40.8 Å². The van der Waals surface area contributed by atoms with Crippen molar-refractivity contribution in [2.45, 2.75) is 57.4 Å². The molecule has 0 aliphatic carbocycles. The number of hydrogen-bond donors (Lipinski definition) is 1. The van der Waals surface area contributed by atoms with E-state index in [-0.39, 0.29) is 29.1 Å². The molecule has 0 saturated carbocycles. The topological polar surface area (TPSA) is 108 Å². The van der Waals surface area contributed by atoms with Gasteiger partial charge in [-0.25, -0.2) is 27.2 Å². The molecule has 0 fully saturated rings. The van der Waals surface area contributed by atoms with Gasteiger partial charge in [0.05, 0.1) is 18.1 Å². The van der Waals surface area contributed by atoms with Crippen molar-refractivity contribution in [1.29, 1.82) is 0 Å². The fourth-order valence-electron chi connectivity index (χ4n) is 3.50. The van der Waals surface area contributed by atoms with Crippen LogP contribution in [0.1, 0.15) is 57.9 Å². The van der Waals surface area contributed by atoms with Crippen LogP contribution in [0.5, 0.6) is 5.88 Å². The number of aromatic nitrogens is 2. The number of sulfone groups is 1. The highest BCUT2D eigenvalue weighted by atomic mass is 32.2. The molecule has 186 valence electrons. The van der Waals surface area contributed by atoms with Gasteiger partial charge < -0.3 is 10.5 Å². The lowest BCUT2D eigenvalue weighted by molar-refractivity contribution is 0.266. The Morgan fingerprint density at radius 3 is 2.60 bits per heavy atom. The van der Waals surface area contributed by atoms with E-state index in [0.29, 0.717) is 12.0 Å². The van der Waals surface area contributed by atoms with E-state index < -0.39 is 37.5 Å². The zero-order chi connectivity index (χ0) is 26.0. The van der Waals surface area contributed by atoms with Crippen molar-refractivity contribution < 1.29 is 21.9 Å². The summed E-state index contributed by atoms with van der Waals surface area (Å²) in [4.78, 5) is 12.4. The number of nitrogens with zero attached hydrogens (tertiary/aromatic N) is 3. The highest BCUT2D eigenvalue weighted by molar-refractivity contribution is 7.93. The summed E-state index contributed by atoms with van der Waals surface area (Å²) < 4.78 is 59.5. The van der Waals surface area contributed by atoms with Crippen molar-refractivity contribution >= 4 is 27.6 Å². The number of benzene rings is 1. The zero-order valence-electron chi connectivity index (χ0n) is 20.3. The van der Waals surface area contributed by atoms with E-state index >= 15 is 0 Å². The minimum Gasteiger partial charge on any atom is -0.460 e. The number of nitrogens with two attached hydrogens (primary N) is 1. The monoisotopic (exact) mass is 502 g/mol. The van der Waals surface area contributed by atoms with Crippen LogP contribution < -0.4 is 10.5 Å². The predicted octanol–water partition coefficient (Wildman–Crippen LogP) is 4.04. The Labute approximate surface area is 204 Å². The molecule has 0 saturated heterocycles. The second-order valence-corrected chi connectivity index (χ2v) is 11.5. The number of aliphatic imine (C=N–C) groups is 1. The van der Waals surface area contributed by atoms with Gasteiger partial charge in [0.15, 0.2) is 21.8 Å². The largest absolute Gasteiger partial charge is 0.460 e. The van der Waals surface area contributed by atoms with Crippen molar-refractivity contribution in [2.75, 3.05) is 5.75 Å². The van der Waals surface area contributed by atoms with E-state index in [1.54, 1.807) is 6.92 Å². The van der Waals surface area contributed by atoms with Crippen LogP contribution in [0.15, 0.2) is 35.6 Å². The standard InChI is InChI=1S/C25H28F2N4O3S/c1-6-7-8-16(2)34-22-14-29-21(13-30-22)20(27)12-17-9-10-19(26)18(11-17)25(5)15-35(32,33)24(3,4)23(28)31-25/h9-14,16H,6,15H2,1-5H3,(H2,28,31)/b20-12-/t16?,25-/m0/s1. The zero-order valence-corrected chi connectivity index (χ0v) is 21.1. The first-order valence-electron chi connectivity index (χ1n) is 11.0. The molecule has 2 aromatic rings. The van der Waals surface area contributed by atoms with Gasteiger partial charge in [-0.05, 0) is 51.5 Å². The Morgan fingerprint density at radius 2 is 2.00 bits per heavy atom. The van der Waals surface area contributed by atoms with Gasteiger partial charge in [0, 0.05) is 12.0 Å². The van der Waals surface area contributed by atoms with Gasteiger partial charge in [-0.2, -0.15) is 0 Å². The smallest absolute Gasteiger partial charge is 0.233 e. The third kappa shape index (κ3) is 5.51. The Bertz CT molecular complexity index is 1340. The van der Waals surface area contributed by atoms with Gasteiger partial charge in [0.1, 0.15) is 27.6 Å². The van der Waals surface area contributed by atoms with E-state index in [1.165, 1.54) is 45.3 Å². The molecule has 2 atom stereocenters. The molecule has 35 heavy (non-hydrogen) atoms. The molecule has 1 aliphatic heterocycles. The molecular weight excluding hydrogens is 474 g/mol. The second-order valence-electron chi connectivity index (χ2n) is 8.95. The molecule has 3 rings (SSSR count). The van der Waals surface area contributed by atoms with Crippen LogP contribution in [0.25, 0.3) is 11.9 Å². The van der Waals surface area contributed by atoms with Gasteiger partial charge in [0.2, 0.25) is 5.88 Å². The SMILES string of the molecule is CCC#CC(C)Oc1cnc(/C(F)=C/c2ccc(F)c([C@]3(C)CS(=O)(=O)C(C)(C)C(N)=N3)c2)cn1. The molecule has 2 heterocycles. The molecule has 7 nitrogen and oxygen atoms in total. The molecule has 10 heteroatoms. The molecular formula is C25H28F2N4O3S. The lowest BCUT2D eigenvalue weighted by atomic mass is 9.91. The molecule has 0 radical (unpaired) electrons. The molecule has 1 aromatic carbocycles. The van der Waals surface area contributed by atoms with Crippen molar-refractivity contribution in [3.05, 3.63) is 53.2 Å². The Hall–Kier alpha value is -3.32. The van der Waals surface area contributed by atoms with Crippen LogP contribution >= 0.6 is 0 Å². The molecule has 1 aliphatic rings. The first-order chi connectivity index (χ1) is 16.3. The quantitative estimate of drug-likeness (QED) is 0.619. The first-order valence-corrected chi connectivity index (χ1v) is 12.7. The van der Waals surface area contributed by atoms with Crippen LogP contribution in [0.4, 0.5) is 8.78 Å². The maximum Gasteiger partial charge on any atom is 0.233 e. The van der Waals surface area contributed by atoms with E-state index in [4.69, 9.17) is 10.5 Å². The predicted molar refractivity (Wildman–Crippen MR) is 132 cm³/mol. The van der Waals surface area contributed by atoms with Crippen molar-refractivity contribution in [3.63, 3.8) is 0 Å². The molecule has 0 spiro atoms. The van der Waals surface area contributed by atoms with Gasteiger partial charge in [-0.3, -0.25) is 4.99 Å². The highest BCUT2D eigenvalue weighted by Gasteiger charge is 2.49. The van der Waals surface area contributed by atoms with Crippen LogP contribution in [0.2, 0.25) is 0 Å². The maximum absolute atomic E-state index is 14.9. The summed E-state index contributed by atoms with van der Waals surface area (Å²) in [6.07, 6.45) is 3.97. The summed E-state index contributed by atoms with van der Waals surface area (Å²) in [6, 6.07) is 3.87. The summed E-state index contributed by atoms with van der Waals surface area (Å²) in [5, 5.41) is 0. The average molecular weight is 503 g/mol. The lowest BCUT2D eigenvalue weighted by Gasteiger charge is -2.38. The van der Waals surface area contributed by atoms with Crippen molar-refractivity contribution in [3.8, 4) is 17.7 Å². The van der Waals surface area contributed by atoms with Crippen LogP contribution in [-0.2, 0) is 15.4 Å². The highest BCUT2D eigenvalue weighted by Crippen LogP contribution is 2.38.